The number of rotatable bonds is 4. The average Bonchev–Trinajstić information content (AvgIpc) is 3.39. The number of carbonyl (C=O) groups excluding carboxylic acids is 3. The molecule has 13 nitrogen and oxygen atoms in total. The minimum atomic E-state index is -0.657. The zero-order valence-electron chi connectivity index (χ0n) is 22.2. The molecule has 0 saturated carbocycles. The molecule has 0 spiro atoms. The lowest BCUT2D eigenvalue weighted by Gasteiger charge is -2.29. The molecule has 0 aromatic carbocycles. The van der Waals surface area contributed by atoms with Crippen LogP contribution in [0.2, 0.25) is 0 Å². The summed E-state index contributed by atoms with van der Waals surface area (Å²) in [5, 5.41) is 11.8. The maximum absolute atomic E-state index is 13.3. The van der Waals surface area contributed by atoms with Crippen molar-refractivity contribution in [2.75, 3.05) is 27.2 Å². The van der Waals surface area contributed by atoms with E-state index < -0.39 is 12.1 Å². The lowest BCUT2D eigenvalue weighted by Crippen LogP contribution is -2.47. The van der Waals surface area contributed by atoms with Gasteiger partial charge in [-0.2, -0.15) is 10.1 Å². The van der Waals surface area contributed by atoms with Crippen molar-refractivity contribution >= 4 is 17.7 Å². The monoisotopic (exact) mass is 503 g/mol. The van der Waals surface area contributed by atoms with Gasteiger partial charge in [0.1, 0.15) is 17.7 Å². The van der Waals surface area contributed by atoms with E-state index >= 15 is 0 Å². The van der Waals surface area contributed by atoms with E-state index in [4.69, 9.17) is 4.74 Å². The molecule has 0 radical (unpaired) electrons. The van der Waals surface area contributed by atoms with Crippen molar-refractivity contribution in [3.63, 3.8) is 0 Å². The lowest BCUT2D eigenvalue weighted by molar-refractivity contribution is -0.138. The van der Waals surface area contributed by atoms with Crippen LogP contribution >= 0.6 is 0 Å². The Hall–Kier alpha value is -3.51. The van der Waals surface area contributed by atoms with Gasteiger partial charge in [-0.3, -0.25) is 14.4 Å². The van der Waals surface area contributed by atoms with Crippen LogP contribution in [0.1, 0.15) is 68.3 Å². The minimum Gasteiger partial charge on any atom is -0.467 e. The van der Waals surface area contributed by atoms with Gasteiger partial charge < -0.3 is 19.9 Å². The Morgan fingerprint density at radius 1 is 1.14 bits per heavy atom. The molecule has 1 aliphatic heterocycles. The highest BCUT2D eigenvalue weighted by atomic mass is 16.5. The highest BCUT2D eigenvalue weighted by Crippen LogP contribution is 2.21. The first-order valence-corrected chi connectivity index (χ1v) is 12.2. The van der Waals surface area contributed by atoms with Crippen LogP contribution < -0.4 is 10.1 Å². The van der Waals surface area contributed by atoms with Gasteiger partial charge >= 0.3 is 6.01 Å². The van der Waals surface area contributed by atoms with Crippen molar-refractivity contribution in [2.45, 2.75) is 65.6 Å². The van der Waals surface area contributed by atoms with Gasteiger partial charge in [0.25, 0.3) is 5.91 Å². The second-order valence-corrected chi connectivity index (χ2v) is 9.55. The van der Waals surface area contributed by atoms with E-state index in [0.29, 0.717) is 44.1 Å². The summed E-state index contributed by atoms with van der Waals surface area (Å²) in [6, 6.07) is -0.818. The van der Waals surface area contributed by atoms with E-state index in [1.165, 1.54) is 16.7 Å². The molecule has 0 aliphatic carbocycles. The van der Waals surface area contributed by atoms with E-state index in [2.05, 4.69) is 39.3 Å². The van der Waals surface area contributed by atoms with Crippen molar-refractivity contribution in [1.29, 1.82) is 0 Å². The van der Waals surface area contributed by atoms with Gasteiger partial charge in [-0.15, -0.1) is 5.10 Å². The molecule has 13 heteroatoms. The number of fused-ring (bicyclic) bond motifs is 1. The second kappa shape index (κ2) is 11.5. The Labute approximate surface area is 211 Å². The molecule has 2 atom stereocenters. The zero-order valence-corrected chi connectivity index (χ0v) is 22.2. The van der Waals surface area contributed by atoms with Gasteiger partial charge in [-0.25, -0.2) is 14.3 Å². The Kier molecular flexibility index (Phi) is 8.64. The normalized spacial score (nSPS) is 20.2. The van der Waals surface area contributed by atoms with Crippen LogP contribution in [0.25, 0.3) is 0 Å². The predicted molar refractivity (Wildman–Crippen MR) is 130 cm³/mol. The molecule has 36 heavy (non-hydrogen) atoms. The second-order valence-electron chi connectivity index (χ2n) is 9.55. The molecule has 0 saturated heterocycles. The van der Waals surface area contributed by atoms with Crippen LogP contribution in [-0.4, -0.2) is 90.3 Å². The van der Waals surface area contributed by atoms with Gasteiger partial charge in [0, 0.05) is 33.6 Å². The molecule has 1 aliphatic rings. The molecule has 0 fully saturated rings. The first kappa shape index (κ1) is 27.1. The first-order valence-electron chi connectivity index (χ1n) is 12.2. The molecule has 0 bridgehead atoms. The SMILES string of the molecule is COc1nc(C(=O)N2CCCC(=O)N(C)[C@@H](C)C(=O)N[C@H](CC(C)C)c3nc(C)nn3CC2)nn1C. The molecule has 3 heterocycles. The summed E-state index contributed by atoms with van der Waals surface area (Å²) in [5.41, 5.74) is 0. The Bertz CT molecular complexity index is 1090. The number of hydrogen-bond donors (Lipinski definition) is 1. The summed E-state index contributed by atoms with van der Waals surface area (Å²) in [5.74, 6) is 0.724. The molecule has 1 N–H and O–H groups in total. The number of amides is 3. The topological polar surface area (TPSA) is 140 Å². The van der Waals surface area contributed by atoms with Crippen molar-refractivity contribution in [2.24, 2.45) is 13.0 Å². The van der Waals surface area contributed by atoms with Crippen LogP contribution in [0.15, 0.2) is 0 Å². The van der Waals surface area contributed by atoms with E-state index in [-0.39, 0.29) is 41.9 Å². The Morgan fingerprint density at radius 2 is 1.86 bits per heavy atom. The third-order valence-electron chi connectivity index (χ3n) is 6.28. The standard InChI is InChI=1S/C23H37N9O4/c1-14(2)13-17-20-24-16(4)27-32(20)12-11-31(22(35)19-26-23(36-7)30(6)28-19)10-8-9-18(33)29(5)15(3)21(34)25-17/h14-15,17H,8-13H2,1-7H3,(H,25,34)/t15-,17+/m0/s1. The third-order valence-corrected chi connectivity index (χ3v) is 6.28. The van der Waals surface area contributed by atoms with E-state index in [9.17, 15) is 14.4 Å². The summed E-state index contributed by atoms with van der Waals surface area (Å²) >= 11 is 0. The van der Waals surface area contributed by atoms with Crippen molar-refractivity contribution in [1.82, 2.24) is 44.6 Å². The number of methoxy groups -OCH3 is 1. The summed E-state index contributed by atoms with van der Waals surface area (Å²) in [6.07, 6.45) is 1.26. The lowest BCUT2D eigenvalue weighted by atomic mass is 10.0. The number of hydrogen-bond acceptors (Lipinski definition) is 8. The maximum Gasteiger partial charge on any atom is 0.314 e. The van der Waals surface area contributed by atoms with Crippen LogP contribution in [-0.2, 0) is 23.2 Å². The number of carbonyl (C=O) groups is 3. The molecule has 3 rings (SSSR count). The first-order chi connectivity index (χ1) is 17.0. The quantitative estimate of drug-likeness (QED) is 0.643. The van der Waals surface area contributed by atoms with E-state index in [1.54, 1.807) is 37.5 Å². The van der Waals surface area contributed by atoms with Gasteiger partial charge in [-0.1, -0.05) is 13.8 Å². The molecule has 3 amide bonds. The number of aryl methyl sites for hydroxylation is 2. The average molecular weight is 504 g/mol. The number of nitrogens with one attached hydrogen (secondary N) is 1. The third kappa shape index (κ3) is 6.18. The van der Waals surface area contributed by atoms with Crippen LogP contribution in [0.3, 0.4) is 0 Å². The summed E-state index contributed by atoms with van der Waals surface area (Å²) in [7, 11) is 4.73. The van der Waals surface area contributed by atoms with Crippen LogP contribution in [0.5, 0.6) is 6.01 Å². The van der Waals surface area contributed by atoms with Gasteiger partial charge in [0.05, 0.1) is 19.7 Å². The van der Waals surface area contributed by atoms with Gasteiger partial charge in [0.2, 0.25) is 17.6 Å². The van der Waals surface area contributed by atoms with Crippen molar-refractivity contribution < 1.29 is 19.1 Å². The summed E-state index contributed by atoms with van der Waals surface area (Å²) < 4.78 is 8.30. The number of aromatic nitrogens is 6. The van der Waals surface area contributed by atoms with Crippen LogP contribution in [0.4, 0.5) is 0 Å². The summed E-state index contributed by atoms with van der Waals surface area (Å²) in [6.45, 7) is 8.62. The molecule has 0 unspecified atom stereocenters. The number of nitrogens with zero attached hydrogens (tertiary/aromatic N) is 8. The highest BCUT2D eigenvalue weighted by molar-refractivity contribution is 5.90. The molecule has 198 valence electrons. The number of ether oxygens (including phenoxy) is 1. The van der Waals surface area contributed by atoms with Gasteiger partial charge in [0.15, 0.2) is 0 Å². The zero-order chi connectivity index (χ0) is 26.6. The highest BCUT2D eigenvalue weighted by Gasteiger charge is 2.29. The molecular weight excluding hydrogens is 466 g/mol. The largest absolute Gasteiger partial charge is 0.467 e. The van der Waals surface area contributed by atoms with E-state index in [0.717, 1.165) is 0 Å². The predicted octanol–water partition coefficient (Wildman–Crippen LogP) is 0.710. The van der Waals surface area contributed by atoms with E-state index in [1.807, 2.05) is 0 Å². The fourth-order valence-corrected chi connectivity index (χ4v) is 4.19. The minimum absolute atomic E-state index is 0.0208. The number of likely N-dealkylation sites (N-methyl/N-ethyl adjacent to an activating group) is 1. The smallest absolute Gasteiger partial charge is 0.314 e. The fraction of sp³-hybridized carbons (Fsp3) is 0.696. The molecule has 2 aromatic heterocycles. The molecule has 2 aromatic rings. The Balaban J connectivity index is 1.96. The van der Waals surface area contributed by atoms with Crippen molar-refractivity contribution in [3.05, 3.63) is 17.5 Å². The Morgan fingerprint density at radius 3 is 2.50 bits per heavy atom. The fourth-order valence-electron chi connectivity index (χ4n) is 4.19. The van der Waals surface area contributed by atoms with Crippen LogP contribution in [0, 0.1) is 12.8 Å². The van der Waals surface area contributed by atoms with Gasteiger partial charge in [-0.05, 0) is 32.6 Å². The molecular formula is C23H37N9O4. The van der Waals surface area contributed by atoms with Crippen molar-refractivity contribution in [3.8, 4) is 6.01 Å². The summed E-state index contributed by atoms with van der Waals surface area (Å²) in [4.78, 5) is 51.0. The maximum atomic E-state index is 13.3.